The molecule has 7 heteroatoms. The fourth-order valence-corrected chi connectivity index (χ4v) is 4.76. The summed E-state index contributed by atoms with van der Waals surface area (Å²) in [5, 5.41) is 0.443. The normalized spacial score (nSPS) is 30.9. The van der Waals surface area contributed by atoms with E-state index in [9.17, 15) is 18.0 Å². The number of carbonyl (C=O) groups excluding carboxylic acids is 2. The third kappa shape index (κ3) is 2.08. The third-order valence-corrected chi connectivity index (χ3v) is 6.20. The molecule has 2 bridgehead atoms. The molecule has 4 rings (SSSR count). The average molecular weight is 345 g/mol. The van der Waals surface area contributed by atoms with E-state index in [4.69, 9.17) is 4.28 Å². The maximum atomic E-state index is 12.5. The summed E-state index contributed by atoms with van der Waals surface area (Å²) < 4.78 is 29.6. The minimum atomic E-state index is -4.25. The Bertz CT molecular complexity index is 841. The van der Waals surface area contributed by atoms with Crippen molar-refractivity contribution in [1.29, 1.82) is 0 Å². The Morgan fingerprint density at radius 3 is 2.08 bits per heavy atom. The molecule has 0 radical (unpaired) electrons. The summed E-state index contributed by atoms with van der Waals surface area (Å²) in [5.74, 6) is -2.11. The molecule has 24 heavy (non-hydrogen) atoms. The molecule has 6 nitrogen and oxygen atoms in total. The Morgan fingerprint density at radius 2 is 1.58 bits per heavy atom. The number of benzene rings is 1. The molecule has 1 aliphatic heterocycles. The van der Waals surface area contributed by atoms with E-state index in [0.29, 0.717) is 5.06 Å². The maximum Gasteiger partial charge on any atom is 0.318 e. The lowest BCUT2D eigenvalue weighted by molar-refractivity contribution is -0.166. The first-order valence-electron chi connectivity index (χ1n) is 7.65. The molecule has 4 atom stereocenters. The van der Waals surface area contributed by atoms with Gasteiger partial charge in [0, 0.05) is 0 Å². The smallest absolute Gasteiger partial charge is 0.272 e. The van der Waals surface area contributed by atoms with Crippen LogP contribution in [0.5, 0.6) is 0 Å². The Hall–Kier alpha value is -2.25. The van der Waals surface area contributed by atoms with Crippen LogP contribution in [0.15, 0.2) is 47.9 Å². The minimum absolute atomic E-state index is 0.000344. The van der Waals surface area contributed by atoms with E-state index in [-0.39, 0.29) is 16.7 Å². The topological polar surface area (TPSA) is 80.8 Å². The van der Waals surface area contributed by atoms with Gasteiger partial charge in [-0.05, 0) is 36.0 Å². The zero-order valence-electron chi connectivity index (χ0n) is 12.7. The van der Waals surface area contributed by atoms with Crippen molar-refractivity contribution in [1.82, 2.24) is 5.06 Å². The second kappa shape index (κ2) is 5.12. The van der Waals surface area contributed by atoms with Gasteiger partial charge in [-0.2, -0.15) is 8.42 Å². The highest BCUT2D eigenvalue weighted by atomic mass is 32.2. The zero-order valence-corrected chi connectivity index (χ0v) is 13.5. The molecule has 2 aliphatic carbocycles. The molecule has 1 aromatic carbocycles. The van der Waals surface area contributed by atoms with Gasteiger partial charge in [0.25, 0.3) is 11.8 Å². The summed E-state index contributed by atoms with van der Waals surface area (Å²) in [6.07, 6.45) is 6.22. The second-order valence-corrected chi connectivity index (χ2v) is 7.80. The van der Waals surface area contributed by atoms with E-state index in [1.165, 1.54) is 12.1 Å². The number of carbonyl (C=O) groups is 2. The van der Waals surface area contributed by atoms with Crippen molar-refractivity contribution in [3.05, 3.63) is 48.6 Å². The fraction of sp³-hybridized carbons (Fsp3) is 0.294. The van der Waals surface area contributed by atoms with Crippen LogP contribution in [0.25, 0.3) is 6.08 Å². The van der Waals surface area contributed by atoms with Crippen LogP contribution in [-0.4, -0.2) is 25.3 Å². The van der Waals surface area contributed by atoms with Crippen molar-refractivity contribution in [3.8, 4) is 0 Å². The van der Waals surface area contributed by atoms with Crippen molar-refractivity contribution in [2.45, 2.75) is 11.3 Å². The van der Waals surface area contributed by atoms with Gasteiger partial charge in [-0.25, -0.2) is 0 Å². The predicted molar refractivity (Wildman–Crippen MR) is 84.4 cm³/mol. The van der Waals surface area contributed by atoms with Crippen LogP contribution < -0.4 is 0 Å². The van der Waals surface area contributed by atoms with Crippen molar-refractivity contribution in [3.63, 3.8) is 0 Å². The molecule has 2 fully saturated rings. The zero-order chi connectivity index (χ0) is 17.1. The number of hydrogen-bond acceptors (Lipinski definition) is 5. The highest BCUT2D eigenvalue weighted by Gasteiger charge is 2.60. The summed E-state index contributed by atoms with van der Waals surface area (Å²) in [7, 11) is -4.25. The van der Waals surface area contributed by atoms with E-state index in [1.54, 1.807) is 18.2 Å². The average Bonchev–Trinajstić information content (AvgIpc) is 3.25. The molecule has 3 aliphatic rings. The quantitative estimate of drug-likeness (QED) is 0.613. The maximum absolute atomic E-state index is 12.5. The SMILES string of the molecule is C=Cc1ccc(S(=O)(=O)ON2C(=O)C3C4C=CC(C4)C3C2=O)cc1. The van der Waals surface area contributed by atoms with Crippen LogP contribution >= 0.6 is 0 Å². The molecular weight excluding hydrogens is 330 g/mol. The van der Waals surface area contributed by atoms with Crippen LogP contribution in [0, 0.1) is 23.7 Å². The molecular formula is C17H15NO5S. The number of hydroxylamine groups is 2. The lowest BCUT2D eigenvalue weighted by Crippen LogP contribution is -2.35. The Morgan fingerprint density at radius 1 is 1.04 bits per heavy atom. The van der Waals surface area contributed by atoms with Crippen molar-refractivity contribution in [2.24, 2.45) is 23.7 Å². The summed E-state index contributed by atoms with van der Waals surface area (Å²) in [5.41, 5.74) is 0.749. The second-order valence-electron chi connectivity index (χ2n) is 6.27. The van der Waals surface area contributed by atoms with E-state index < -0.39 is 33.8 Å². The van der Waals surface area contributed by atoms with Gasteiger partial charge in [-0.1, -0.05) is 36.9 Å². The molecule has 0 aromatic heterocycles. The first-order valence-corrected chi connectivity index (χ1v) is 9.06. The lowest BCUT2D eigenvalue weighted by atomic mass is 9.85. The molecule has 124 valence electrons. The van der Waals surface area contributed by atoms with Gasteiger partial charge < -0.3 is 0 Å². The van der Waals surface area contributed by atoms with Crippen molar-refractivity contribution in [2.75, 3.05) is 0 Å². The molecule has 2 amide bonds. The number of amides is 2. The van der Waals surface area contributed by atoms with Crippen LogP contribution in [-0.2, 0) is 24.0 Å². The molecule has 0 spiro atoms. The molecule has 4 unspecified atom stereocenters. The lowest BCUT2D eigenvalue weighted by Gasteiger charge is -2.16. The highest BCUT2D eigenvalue weighted by molar-refractivity contribution is 7.86. The highest BCUT2D eigenvalue weighted by Crippen LogP contribution is 2.52. The molecule has 0 N–H and O–H groups in total. The van der Waals surface area contributed by atoms with Gasteiger partial charge in [0.05, 0.1) is 16.7 Å². The van der Waals surface area contributed by atoms with Crippen LogP contribution in [0.1, 0.15) is 12.0 Å². The Labute approximate surface area is 139 Å². The monoisotopic (exact) mass is 345 g/mol. The summed E-state index contributed by atoms with van der Waals surface area (Å²) in [4.78, 5) is 24.8. The van der Waals surface area contributed by atoms with E-state index >= 15 is 0 Å². The number of rotatable bonds is 4. The van der Waals surface area contributed by atoms with Gasteiger partial charge in [0.15, 0.2) is 0 Å². The van der Waals surface area contributed by atoms with E-state index in [0.717, 1.165) is 12.0 Å². The molecule has 1 saturated carbocycles. The van der Waals surface area contributed by atoms with E-state index in [2.05, 4.69) is 6.58 Å². The minimum Gasteiger partial charge on any atom is -0.272 e. The largest absolute Gasteiger partial charge is 0.318 e. The standard InChI is InChI=1S/C17H15NO5S/c1-2-10-3-7-13(8-4-10)24(21,22)23-18-16(19)14-11-5-6-12(9-11)15(14)17(18)20/h2-8,11-12,14-15H,1,9H2. The van der Waals surface area contributed by atoms with Gasteiger partial charge in [-0.15, -0.1) is 9.35 Å². The Balaban J connectivity index is 1.60. The van der Waals surface area contributed by atoms with Gasteiger partial charge in [-0.3, -0.25) is 9.59 Å². The van der Waals surface area contributed by atoms with E-state index in [1.807, 2.05) is 12.2 Å². The predicted octanol–water partition coefficient (Wildman–Crippen LogP) is 1.76. The summed E-state index contributed by atoms with van der Waals surface area (Å²) in [6.45, 7) is 3.59. The van der Waals surface area contributed by atoms with Gasteiger partial charge in [0.1, 0.15) is 0 Å². The summed E-state index contributed by atoms with van der Waals surface area (Å²) in [6, 6.07) is 5.83. The summed E-state index contributed by atoms with van der Waals surface area (Å²) >= 11 is 0. The third-order valence-electron chi connectivity index (χ3n) is 5.01. The molecule has 1 saturated heterocycles. The van der Waals surface area contributed by atoms with Crippen LogP contribution in [0.2, 0.25) is 0 Å². The number of hydrogen-bond donors (Lipinski definition) is 0. The number of imide groups is 1. The first kappa shape index (κ1) is 15.3. The van der Waals surface area contributed by atoms with Gasteiger partial charge in [0.2, 0.25) is 0 Å². The van der Waals surface area contributed by atoms with Crippen LogP contribution in [0.3, 0.4) is 0 Å². The Kier molecular flexibility index (Phi) is 3.26. The molecule has 1 heterocycles. The molecule has 1 aromatic rings. The van der Waals surface area contributed by atoms with Gasteiger partial charge >= 0.3 is 10.1 Å². The van der Waals surface area contributed by atoms with Crippen molar-refractivity contribution >= 4 is 28.0 Å². The van der Waals surface area contributed by atoms with Crippen molar-refractivity contribution < 1.29 is 22.3 Å². The number of nitrogens with zero attached hydrogens (tertiary/aromatic N) is 1. The number of fused-ring (bicyclic) bond motifs is 5. The number of allylic oxidation sites excluding steroid dienone is 2. The fourth-order valence-electron chi connectivity index (χ4n) is 3.86. The van der Waals surface area contributed by atoms with Crippen LogP contribution in [0.4, 0.5) is 0 Å². The first-order chi connectivity index (χ1) is 11.4.